The van der Waals surface area contributed by atoms with Crippen LogP contribution in [0.4, 0.5) is 4.39 Å². The van der Waals surface area contributed by atoms with E-state index in [2.05, 4.69) is 12.2 Å². The average Bonchev–Trinajstić information content (AvgIpc) is 2.77. The monoisotopic (exact) mass is 271 g/mol. The quantitative estimate of drug-likeness (QED) is 0.902. The summed E-state index contributed by atoms with van der Waals surface area (Å²) < 4.78 is 18.8. The van der Waals surface area contributed by atoms with Gasteiger partial charge in [-0.3, -0.25) is 0 Å². The molecule has 0 saturated carbocycles. The van der Waals surface area contributed by atoms with Crippen LogP contribution >= 0.6 is 11.6 Å². The minimum atomic E-state index is -0.376. The zero-order chi connectivity index (χ0) is 13.2. The van der Waals surface area contributed by atoms with Crippen molar-refractivity contribution in [3.05, 3.63) is 34.6 Å². The molecule has 0 aliphatic carbocycles. The van der Waals surface area contributed by atoms with Crippen LogP contribution in [0.15, 0.2) is 18.2 Å². The van der Waals surface area contributed by atoms with Gasteiger partial charge in [0.15, 0.2) is 0 Å². The van der Waals surface area contributed by atoms with E-state index in [-0.39, 0.29) is 22.5 Å². The first-order chi connectivity index (χ1) is 8.50. The Labute approximate surface area is 112 Å². The summed E-state index contributed by atoms with van der Waals surface area (Å²) in [7, 11) is 0. The van der Waals surface area contributed by atoms with Crippen molar-refractivity contribution in [3.8, 4) is 0 Å². The van der Waals surface area contributed by atoms with E-state index in [4.69, 9.17) is 16.3 Å². The van der Waals surface area contributed by atoms with E-state index in [1.807, 2.05) is 6.92 Å². The predicted octanol–water partition coefficient (Wildman–Crippen LogP) is 3.70. The molecule has 18 heavy (non-hydrogen) atoms. The van der Waals surface area contributed by atoms with Gasteiger partial charge in [-0.15, -0.1) is 0 Å². The first kappa shape index (κ1) is 13.8. The van der Waals surface area contributed by atoms with Crippen molar-refractivity contribution in [1.29, 1.82) is 0 Å². The molecule has 1 saturated heterocycles. The molecule has 0 aromatic heterocycles. The Balaban J connectivity index is 1.94. The van der Waals surface area contributed by atoms with Crippen molar-refractivity contribution in [1.82, 2.24) is 5.32 Å². The van der Waals surface area contributed by atoms with E-state index in [1.165, 1.54) is 6.07 Å². The average molecular weight is 272 g/mol. The fraction of sp³-hybridized carbons (Fsp3) is 0.571. The molecule has 1 aromatic rings. The normalized spacial score (nSPS) is 25.3. The molecule has 0 radical (unpaired) electrons. The Hall–Kier alpha value is -0.640. The largest absolute Gasteiger partial charge is 0.374 e. The molecule has 1 aliphatic heterocycles. The third-order valence-electron chi connectivity index (χ3n) is 3.53. The van der Waals surface area contributed by atoms with Crippen molar-refractivity contribution >= 4 is 11.6 Å². The highest BCUT2D eigenvalue weighted by Crippen LogP contribution is 2.26. The number of hydrogen-bond acceptors (Lipinski definition) is 2. The highest BCUT2D eigenvalue weighted by atomic mass is 35.5. The molecule has 1 heterocycles. The maximum Gasteiger partial charge on any atom is 0.141 e. The lowest BCUT2D eigenvalue weighted by molar-refractivity contribution is 0.0191. The maximum atomic E-state index is 13.1. The van der Waals surface area contributed by atoms with Crippen LogP contribution in [0.25, 0.3) is 0 Å². The molecular formula is C14H19ClFNO. The molecular weight excluding hydrogens is 253 g/mol. The lowest BCUT2D eigenvalue weighted by Gasteiger charge is -2.26. The van der Waals surface area contributed by atoms with Crippen LogP contribution in [0.2, 0.25) is 5.02 Å². The van der Waals surface area contributed by atoms with E-state index < -0.39 is 0 Å². The van der Waals surface area contributed by atoms with Gasteiger partial charge in [0.2, 0.25) is 0 Å². The summed E-state index contributed by atoms with van der Waals surface area (Å²) in [5.41, 5.74) is 0.918. The lowest BCUT2D eigenvalue weighted by Crippen LogP contribution is -2.38. The van der Waals surface area contributed by atoms with Crippen molar-refractivity contribution in [2.75, 3.05) is 13.2 Å². The van der Waals surface area contributed by atoms with E-state index in [0.717, 1.165) is 31.6 Å². The van der Waals surface area contributed by atoms with Gasteiger partial charge < -0.3 is 10.1 Å². The number of benzene rings is 1. The van der Waals surface area contributed by atoms with Gasteiger partial charge in [0.05, 0.1) is 10.6 Å². The van der Waals surface area contributed by atoms with Crippen molar-refractivity contribution in [2.45, 2.75) is 38.3 Å². The SMILES string of the molecule is CC(NCC1(C)CCCO1)c1ccc(F)c(Cl)c1. The predicted molar refractivity (Wildman–Crippen MR) is 71.4 cm³/mol. The lowest BCUT2D eigenvalue weighted by atomic mass is 10.0. The molecule has 0 spiro atoms. The molecule has 1 fully saturated rings. The van der Waals surface area contributed by atoms with Crippen LogP contribution in [-0.4, -0.2) is 18.8 Å². The van der Waals surface area contributed by atoms with Gasteiger partial charge in [-0.1, -0.05) is 17.7 Å². The molecule has 2 nitrogen and oxygen atoms in total. The molecule has 2 unspecified atom stereocenters. The summed E-state index contributed by atoms with van der Waals surface area (Å²) in [5, 5.41) is 3.59. The zero-order valence-electron chi connectivity index (χ0n) is 10.8. The smallest absolute Gasteiger partial charge is 0.141 e. The third kappa shape index (κ3) is 3.22. The van der Waals surface area contributed by atoms with Crippen molar-refractivity contribution < 1.29 is 9.13 Å². The standard InChI is InChI=1S/C14H19ClFNO/c1-10(11-4-5-13(16)12(15)8-11)17-9-14(2)6-3-7-18-14/h4-5,8,10,17H,3,6-7,9H2,1-2H3. The molecule has 0 bridgehead atoms. The molecule has 2 atom stereocenters. The minimum Gasteiger partial charge on any atom is -0.374 e. The van der Waals surface area contributed by atoms with E-state index in [1.54, 1.807) is 12.1 Å². The first-order valence-corrected chi connectivity index (χ1v) is 6.70. The van der Waals surface area contributed by atoms with Crippen LogP contribution < -0.4 is 5.32 Å². The maximum absolute atomic E-state index is 13.1. The molecule has 1 aliphatic rings. The summed E-state index contributed by atoms with van der Waals surface area (Å²) in [6, 6.07) is 4.97. The molecule has 2 rings (SSSR count). The summed E-state index contributed by atoms with van der Waals surface area (Å²) in [6.07, 6.45) is 2.20. The fourth-order valence-corrected chi connectivity index (χ4v) is 2.43. The highest BCUT2D eigenvalue weighted by Gasteiger charge is 2.29. The highest BCUT2D eigenvalue weighted by molar-refractivity contribution is 6.30. The number of rotatable bonds is 4. The third-order valence-corrected chi connectivity index (χ3v) is 3.82. The summed E-state index contributed by atoms with van der Waals surface area (Å²) in [5.74, 6) is -0.376. The summed E-state index contributed by atoms with van der Waals surface area (Å²) >= 11 is 5.79. The molecule has 100 valence electrons. The Morgan fingerprint density at radius 3 is 2.94 bits per heavy atom. The van der Waals surface area contributed by atoms with Gasteiger partial charge in [-0.05, 0) is 44.4 Å². The number of nitrogens with one attached hydrogen (secondary N) is 1. The first-order valence-electron chi connectivity index (χ1n) is 6.32. The Kier molecular flexibility index (Phi) is 4.25. The minimum absolute atomic E-state index is 0.0713. The van der Waals surface area contributed by atoms with E-state index in [9.17, 15) is 4.39 Å². The molecule has 4 heteroatoms. The van der Waals surface area contributed by atoms with Crippen LogP contribution in [0.5, 0.6) is 0 Å². The Bertz CT molecular complexity index is 418. The molecule has 0 amide bonds. The van der Waals surface area contributed by atoms with E-state index in [0.29, 0.717) is 0 Å². The van der Waals surface area contributed by atoms with Crippen LogP contribution in [-0.2, 0) is 4.74 Å². The summed E-state index contributed by atoms with van der Waals surface area (Å²) in [6.45, 7) is 5.80. The van der Waals surface area contributed by atoms with Crippen molar-refractivity contribution in [2.24, 2.45) is 0 Å². The Morgan fingerprint density at radius 2 is 2.33 bits per heavy atom. The van der Waals surface area contributed by atoms with Gasteiger partial charge in [0.1, 0.15) is 5.82 Å². The van der Waals surface area contributed by atoms with Crippen LogP contribution in [0.3, 0.4) is 0 Å². The molecule has 1 N–H and O–H groups in total. The second-order valence-corrected chi connectivity index (χ2v) is 5.59. The van der Waals surface area contributed by atoms with Gasteiger partial charge in [-0.2, -0.15) is 0 Å². The topological polar surface area (TPSA) is 21.3 Å². The van der Waals surface area contributed by atoms with Gasteiger partial charge in [-0.25, -0.2) is 4.39 Å². The van der Waals surface area contributed by atoms with Crippen molar-refractivity contribution in [3.63, 3.8) is 0 Å². The summed E-state index contributed by atoms with van der Waals surface area (Å²) in [4.78, 5) is 0. The molecule has 1 aromatic carbocycles. The fourth-order valence-electron chi connectivity index (χ4n) is 2.24. The van der Waals surface area contributed by atoms with Crippen LogP contribution in [0.1, 0.15) is 38.3 Å². The second kappa shape index (κ2) is 5.55. The zero-order valence-corrected chi connectivity index (χ0v) is 11.6. The number of halogens is 2. The Morgan fingerprint density at radius 1 is 1.56 bits per heavy atom. The van der Waals surface area contributed by atoms with Gasteiger partial charge in [0.25, 0.3) is 0 Å². The van der Waals surface area contributed by atoms with E-state index >= 15 is 0 Å². The van der Waals surface area contributed by atoms with Crippen LogP contribution in [0, 0.1) is 5.82 Å². The van der Waals surface area contributed by atoms with Gasteiger partial charge >= 0.3 is 0 Å². The number of ether oxygens (including phenoxy) is 1. The number of hydrogen-bond donors (Lipinski definition) is 1. The second-order valence-electron chi connectivity index (χ2n) is 5.18. The van der Waals surface area contributed by atoms with Gasteiger partial charge in [0, 0.05) is 19.2 Å².